The third kappa shape index (κ3) is 1.56. The molecule has 0 amide bonds. The number of aromatic carboxylic acids is 1. The maximum Gasteiger partial charge on any atom is 0.336 e. The normalized spacial score (nSPS) is 9.55. The van der Waals surface area contributed by atoms with Crippen LogP contribution >= 0.6 is 0 Å². The summed E-state index contributed by atoms with van der Waals surface area (Å²) < 4.78 is 0. The maximum atomic E-state index is 10.5. The second-order valence-corrected chi connectivity index (χ2v) is 2.07. The molecule has 3 heteroatoms. The van der Waals surface area contributed by atoms with Crippen molar-refractivity contribution in [1.29, 1.82) is 0 Å². The van der Waals surface area contributed by atoms with E-state index in [9.17, 15) is 4.79 Å². The molecule has 0 spiro atoms. The fourth-order valence-corrected chi connectivity index (χ4v) is 0.841. The Hall–Kier alpha value is -1.35. The van der Waals surface area contributed by atoms with Crippen LogP contribution in [0.5, 0.6) is 0 Å². The molecule has 0 fully saturated rings. The van der Waals surface area contributed by atoms with E-state index in [0.717, 1.165) is 0 Å². The molecule has 3 nitrogen and oxygen atoms in total. The molecule has 0 atom stereocenters. The van der Waals surface area contributed by atoms with Crippen molar-refractivity contribution in [2.45, 2.75) is 6.54 Å². The van der Waals surface area contributed by atoms with Crippen molar-refractivity contribution in [3.05, 3.63) is 35.4 Å². The molecule has 1 radical (unpaired) electrons. The van der Waals surface area contributed by atoms with Gasteiger partial charge in [0.25, 0.3) is 0 Å². The van der Waals surface area contributed by atoms with E-state index in [1.54, 1.807) is 12.1 Å². The van der Waals surface area contributed by atoms with Crippen molar-refractivity contribution in [3.8, 4) is 0 Å². The average molecular weight is 150 g/mol. The molecular formula is C8H8NO2. The van der Waals surface area contributed by atoms with Crippen LogP contribution in [-0.2, 0) is 6.54 Å². The summed E-state index contributed by atoms with van der Waals surface area (Å²) in [5.74, 6) is -0.956. The van der Waals surface area contributed by atoms with Gasteiger partial charge in [-0.3, -0.25) is 0 Å². The van der Waals surface area contributed by atoms with Crippen molar-refractivity contribution in [2.24, 2.45) is 5.73 Å². The van der Waals surface area contributed by atoms with Crippen LogP contribution in [0.15, 0.2) is 18.2 Å². The molecule has 0 aromatic heterocycles. The van der Waals surface area contributed by atoms with Gasteiger partial charge >= 0.3 is 5.97 Å². The summed E-state index contributed by atoms with van der Waals surface area (Å²) in [5, 5.41) is 8.62. The first-order valence-electron chi connectivity index (χ1n) is 3.18. The molecule has 57 valence electrons. The predicted molar refractivity (Wildman–Crippen MR) is 40.1 cm³/mol. The van der Waals surface area contributed by atoms with Gasteiger partial charge in [0, 0.05) is 6.54 Å². The Labute approximate surface area is 64.5 Å². The highest BCUT2D eigenvalue weighted by molar-refractivity contribution is 5.89. The fraction of sp³-hybridized carbons (Fsp3) is 0.125. The summed E-state index contributed by atoms with van der Waals surface area (Å²) in [4.78, 5) is 10.5. The molecule has 1 aromatic carbocycles. The highest BCUT2D eigenvalue weighted by Crippen LogP contribution is 2.05. The number of hydrogen-bond acceptors (Lipinski definition) is 2. The highest BCUT2D eigenvalue weighted by Gasteiger charge is 2.06. The molecular weight excluding hydrogens is 142 g/mol. The molecule has 3 N–H and O–H groups in total. The Morgan fingerprint density at radius 1 is 1.73 bits per heavy atom. The van der Waals surface area contributed by atoms with Crippen LogP contribution in [0.4, 0.5) is 0 Å². The summed E-state index contributed by atoms with van der Waals surface area (Å²) in [6.45, 7) is 0.211. The first kappa shape index (κ1) is 7.75. The van der Waals surface area contributed by atoms with E-state index in [0.29, 0.717) is 5.56 Å². The summed E-state index contributed by atoms with van der Waals surface area (Å²) in [7, 11) is 0. The van der Waals surface area contributed by atoms with Crippen LogP contribution in [0.3, 0.4) is 0 Å². The molecule has 0 aliphatic carbocycles. The van der Waals surface area contributed by atoms with Crippen LogP contribution in [-0.4, -0.2) is 11.1 Å². The van der Waals surface area contributed by atoms with Gasteiger partial charge in [0.1, 0.15) is 0 Å². The number of rotatable bonds is 2. The number of benzene rings is 1. The topological polar surface area (TPSA) is 63.3 Å². The lowest BCUT2D eigenvalue weighted by Gasteiger charge is -1.99. The van der Waals surface area contributed by atoms with E-state index in [-0.39, 0.29) is 12.1 Å². The maximum absolute atomic E-state index is 10.5. The Kier molecular flexibility index (Phi) is 2.23. The van der Waals surface area contributed by atoms with E-state index in [2.05, 4.69) is 6.07 Å². The smallest absolute Gasteiger partial charge is 0.336 e. The Bertz CT molecular complexity index is 271. The zero-order valence-corrected chi connectivity index (χ0v) is 5.87. The number of carbonyl (C=O) groups is 1. The molecule has 0 aliphatic heterocycles. The van der Waals surface area contributed by atoms with Crippen LogP contribution in [0, 0.1) is 6.07 Å². The Morgan fingerprint density at radius 3 is 2.91 bits per heavy atom. The Balaban J connectivity index is 3.12. The van der Waals surface area contributed by atoms with Gasteiger partial charge in [-0.25, -0.2) is 4.79 Å². The van der Waals surface area contributed by atoms with Crippen LogP contribution in [0.25, 0.3) is 0 Å². The Morgan fingerprint density at radius 2 is 2.45 bits per heavy atom. The SMILES string of the molecule is NCc1[c]cccc1C(=O)O. The van der Waals surface area contributed by atoms with Gasteiger partial charge in [-0.15, -0.1) is 0 Å². The molecule has 0 heterocycles. The summed E-state index contributed by atoms with van der Waals surface area (Å²) in [6, 6.07) is 7.55. The number of carboxylic acids is 1. The van der Waals surface area contributed by atoms with Gasteiger partial charge in [0.2, 0.25) is 0 Å². The van der Waals surface area contributed by atoms with Crippen molar-refractivity contribution in [3.63, 3.8) is 0 Å². The van der Waals surface area contributed by atoms with Crippen LogP contribution in [0.1, 0.15) is 15.9 Å². The van der Waals surface area contributed by atoms with Crippen LogP contribution in [0.2, 0.25) is 0 Å². The van der Waals surface area contributed by atoms with E-state index in [1.165, 1.54) is 6.07 Å². The molecule has 1 rings (SSSR count). The van der Waals surface area contributed by atoms with E-state index < -0.39 is 5.97 Å². The minimum absolute atomic E-state index is 0.211. The lowest BCUT2D eigenvalue weighted by Crippen LogP contribution is -2.06. The molecule has 1 aromatic rings. The average Bonchev–Trinajstić information content (AvgIpc) is 2.04. The summed E-state index contributed by atoms with van der Waals surface area (Å²) in [5.41, 5.74) is 6.07. The third-order valence-corrected chi connectivity index (χ3v) is 1.38. The molecule has 0 aliphatic rings. The van der Waals surface area contributed by atoms with Crippen molar-refractivity contribution in [2.75, 3.05) is 0 Å². The number of hydrogen-bond donors (Lipinski definition) is 2. The van der Waals surface area contributed by atoms with Crippen molar-refractivity contribution < 1.29 is 9.90 Å². The lowest BCUT2D eigenvalue weighted by atomic mass is 10.1. The minimum Gasteiger partial charge on any atom is -0.478 e. The van der Waals surface area contributed by atoms with Gasteiger partial charge in [-0.1, -0.05) is 12.1 Å². The zero-order valence-electron chi connectivity index (χ0n) is 5.87. The second-order valence-electron chi connectivity index (χ2n) is 2.07. The van der Waals surface area contributed by atoms with Gasteiger partial charge in [0.15, 0.2) is 0 Å². The molecule has 0 unspecified atom stereocenters. The van der Waals surface area contributed by atoms with Crippen molar-refractivity contribution >= 4 is 5.97 Å². The van der Waals surface area contributed by atoms with E-state index in [4.69, 9.17) is 10.8 Å². The van der Waals surface area contributed by atoms with Crippen LogP contribution < -0.4 is 5.73 Å². The monoisotopic (exact) mass is 150 g/mol. The third-order valence-electron chi connectivity index (χ3n) is 1.38. The standard InChI is InChI=1S/C8H8NO2/c9-5-6-3-1-2-4-7(6)8(10)11/h1-2,4H,5,9H2,(H,10,11). The molecule has 11 heavy (non-hydrogen) atoms. The van der Waals surface area contributed by atoms with Gasteiger partial charge in [-0.05, 0) is 17.7 Å². The minimum atomic E-state index is -0.956. The first-order chi connectivity index (χ1) is 5.25. The molecule has 0 saturated carbocycles. The molecule has 0 bridgehead atoms. The van der Waals surface area contributed by atoms with Gasteiger partial charge in [0.05, 0.1) is 5.56 Å². The summed E-state index contributed by atoms with van der Waals surface area (Å²) >= 11 is 0. The van der Waals surface area contributed by atoms with Crippen molar-refractivity contribution in [1.82, 2.24) is 0 Å². The quantitative estimate of drug-likeness (QED) is 0.650. The van der Waals surface area contributed by atoms with Gasteiger partial charge < -0.3 is 10.8 Å². The van der Waals surface area contributed by atoms with E-state index >= 15 is 0 Å². The molecule has 0 saturated heterocycles. The first-order valence-corrected chi connectivity index (χ1v) is 3.18. The zero-order chi connectivity index (χ0) is 8.27. The van der Waals surface area contributed by atoms with Gasteiger partial charge in [-0.2, -0.15) is 0 Å². The van der Waals surface area contributed by atoms with E-state index in [1.807, 2.05) is 0 Å². The fourth-order valence-electron chi connectivity index (χ4n) is 0.841. The second kappa shape index (κ2) is 3.16. The predicted octanol–water partition coefficient (Wildman–Crippen LogP) is 0.644. The highest BCUT2D eigenvalue weighted by atomic mass is 16.4. The summed E-state index contributed by atoms with van der Waals surface area (Å²) in [6.07, 6.45) is 0. The largest absolute Gasteiger partial charge is 0.478 e. The number of nitrogens with two attached hydrogens (primary N) is 1. The number of carboxylic acid groups (broad SMARTS) is 1. The lowest BCUT2D eigenvalue weighted by molar-refractivity contribution is 0.0695.